The van der Waals surface area contributed by atoms with E-state index in [1.165, 1.54) is 30.0 Å². The molecule has 0 spiro atoms. The highest BCUT2D eigenvalue weighted by Crippen LogP contribution is 2.22. The number of rotatable bonds is 6. The Bertz CT molecular complexity index is 848. The molecule has 1 aliphatic carbocycles. The molecular weight excluding hydrogens is 343 g/mol. The van der Waals surface area contributed by atoms with Gasteiger partial charge in [-0.1, -0.05) is 24.3 Å². The van der Waals surface area contributed by atoms with Gasteiger partial charge in [0.2, 0.25) is 5.91 Å². The Balaban J connectivity index is 1.42. The molecule has 0 atom stereocenters. The van der Waals surface area contributed by atoms with Gasteiger partial charge in [0.15, 0.2) is 0 Å². The van der Waals surface area contributed by atoms with Gasteiger partial charge in [-0.25, -0.2) is 4.39 Å². The number of nitrogens with one attached hydrogen (secondary N) is 2. The van der Waals surface area contributed by atoms with Crippen molar-refractivity contribution in [2.45, 2.75) is 39.0 Å². The third-order valence-corrected chi connectivity index (χ3v) is 4.94. The molecule has 2 amide bonds. The molecule has 0 heterocycles. The Morgan fingerprint density at radius 2 is 1.70 bits per heavy atom. The first kappa shape index (κ1) is 19.1. The highest BCUT2D eigenvalue weighted by atomic mass is 19.1. The van der Waals surface area contributed by atoms with Crippen LogP contribution < -0.4 is 10.6 Å². The zero-order valence-corrected chi connectivity index (χ0v) is 15.6. The Labute approximate surface area is 159 Å². The van der Waals surface area contributed by atoms with Crippen LogP contribution in [0.5, 0.6) is 0 Å². The largest absolute Gasteiger partial charge is 0.354 e. The molecule has 0 unspecified atom stereocenters. The van der Waals surface area contributed by atoms with Crippen molar-refractivity contribution in [1.82, 2.24) is 10.6 Å². The molecule has 0 aliphatic heterocycles. The number of carbonyl (C=O) groups is 2. The zero-order valence-electron chi connectivity index (χ0n) is 15.6. The van der Waals surface area contributed by atoms with E-state index in [2.05, 4.69) is 22.8 Å². The van der Waals surface area contributed by atoms with Crippen molar-refractivity contribution in [1.29, 1.82) is 0 Å². The molecule has 0 radical (unpaired) electrons. The van der Waals surface area contributed by atoms with Crippen molar-refractivity contribution < 1.29 is 14.0 Å². The Morgan fingerprint density at radius 3 is 2.48 bits per heavy atom. The summed E-state index contributed by atoms with van der Waals surface area (Å²) in [6.45, 7) is 2.28. The SMILES string of the molecule is Cc1ccc(C(=O)NCCNC(=O)Cc2ccc3c(c2)CCCC3)cc1F. The summed E-state index contributed by atoms with van der Waals surface area (Å²) in [5.41, 5.74) is 4.57. The third kappa shape index (κ3) is 5.16. The average molecular weight is 368 g/mol. The Hall–Kier alpha value is -2.69. The fraction of sp³-hybridized carbons (Fsp3) is 0.364. The number of fused-ring (bicyclic) bond motifs is 1. The number of halogens is 1. The summed E-state index contributed by atoms with van der Waals surface area (Å²) in [6.07, 6.45) is 5.02. The van der Waals surface area contributed by atoms with Gasteiger partial charge in [-0.2, -0.15) is 0 Å². The van der Waals surface area contributed by atoms with Crippen LogP contribution in [0, 0.1) is 12.7 Å². The minimum absolute atomic E-state index is 0.0682. The van der Waals surface area contributed by atoms with Crippen molar-refractivity contribution in [2.24, 2.45) is 0 Å². The highest BCUT2D eigenvalue weighted by Gasteiger charge is 2.11. The van der Waals surface area contributed by atoms with Crippen molar-refractivity contribution in [3.63, 3.8) is 0 Å². The van der Waals surface area contributed by atoms with Crippen LogP contribution in [0.25, 0.3) is 0 Å². The monoisotopic (exact) mass is 368 g/mol. The fourth-order valence-corrected chi connectivity index (χ4v) is 3.36. The van der Waals surface area contributed by atoms with E-state index in [-0.39, 0.29) is 17.4 Å². The van der Waals surface area contributed by atoms with Gasteiger partial charge >= 0.3 is 0 Å². The van der Waals surface area contributed by atoms with Gasteiger partial charge < -0.3 is 10.6 Å². The first-order valence-electron chi connectivity index (χ1n) is 9.44. The second-order valence-electron chi connectivity index (χ2n) is 7.06. The molecule has 1 aliphatic rings. The van der Waals surface area contributed by atoms with Gasteiger partial charge in [0, 0.05) is 18.7 Å². The van der Waals surface area contributed by atoms with Crippen LogP contribution in [-0.4, -0.2) is 24.9 Å². The summed E-state index contributed by atoms with van der Waals surface area (Å²) < 4.78 is 13.5. The molecular formula is C22H25FN2O2. The highest BCUT2D eigenvalue weighted by molar-refractivity contribution is 5.94. The second kappa shape index (κ2) is 8.80. The molecule has 27 heavy (non-hydrogen) atoms. The van der Waals surface area contributed by atoms with E-state index >= 15 is 0 Å². The van der Waals surface area contributed by atoms with Gasteiger partial charge in [0.1, 0.15) is 5.82 Å². The van der Waals surface area contributed by atoms with Crippen LogP contribution in [0.4, 0.5) is 4.39 Å². The number of hydrogen-bond donors (Lipinski definition) is 2. The molecule has 0 saturated heterocycles. The van der Waals surface area contributed by atoms with E-state index in [1.807, 2.05) is 6.07 Å². The summed E-state index contributed by atoms with van der Waals surface area (Å²) in [5, 5.41) is 5.50. The maximum absolute atomic E-state index is 13.5. The van der Waals surface area contributed by atoms with Gasteiger partial charge in [-0.3, -0.25) is 9.59 Å². The average Bonchev–Trinajstić information content (AvgIpc) is 2.67. The van der Waals surface area contributed by atoms with Crippen molar-refractivity contribution in [3.05, 3.63) is 70.0 Å². The van der Waals surface area contributed by atoms with Crippen molar-refractivity contribution in [2.75, 3.05) is 13.1 Å². The van der Waals surface area contributed by atoms with Gasteiger partial charge in [-0.05, 0) is 67.0 Å². The van der Waals surface area contributed by atoms with Crippen LogP contribution in [0.3, 0.4) is 0 Å². The Morgan fingerprint density at radius 1 is 0.963 bits per heavy atom. The summed E-state index contributed by atoms with van der Waals surface area (Å²) in [5.74, 6) is -0.819. The summed E-state index contributed by atoms with van der Waals surface area (Å²) >= 11 is 0. The van der Waals surface area contributed by atoms with Crippen LogP contribution in [0.1, 0.15) is 45.5 Å². The van der Waals surface area contributed by atoms with Crippen LogP contribution in [0.15, 0.2) is 36.4 Å². The molecule has 0 fully saturated rings. The van der Waals surface area contributed by atoms with E-state index in [4.69, 9.17) is 0 Å². The molecule has 5 heteroatoms. The van der Waals surface area contributed by atoms with Crippen molar-refractivity contribution >= 4 is 11.8 Å². The number of benzene rings is 2. The van der Waals surface area contributed by atoms with E-state index in [9.17, 15) is 14.0 Å². The van der Waals surface area contributed by atoms with Crippen LogP contribution in [-0.2, 0) is 24.1 Å². The third-order valence-electron chi connectivity index (χ3n) is 4.94. The van der Waals surface area contributed by atoms with E-state index in [0.29, 0.717) is 25.1 Å². The number of hydrogen-bond acceptors (Lipinski definition) is 2. The summed E-state index contributed by atoms with van der Waals surface area (Å²) in [6, 6.07) is 10.7. The summed E-state index contributed by atoms with van der Waals surface area (Å²) in [7, 11) is 0. The van der Waals surface area contributed by atoms with Gasteiger partial charge in [-0.15, -0.1) is 0 Å². The molecule has 0 saturated carbocycles. The molecule has 4 nitrogen and oxygen atoms in total. The second-order valence-corrected chi connectivity index (χ2v) is 7.06. The van der Waals surface area contributed by atoms with E-state index in [0.717, 1.165) is 18.4 Å². The van der Waals surface area contributed by atoms with Crippen molar-refractivity contribution in [3.8, 4) is 0 Å². The molecule has 2 N–H and O–H groups in total. The first-order chi connectivity index (χ1) is 13.0. The van der Waals surface area contributed by atoms with Gasteiger partial charge in [0.25, 0.3) is 5.91 Å². The predicted molar refractivity (Wildman–Crippen MR) is 103 cm³/mol. The smallest absolute Gasteiger partial charge is 0.251 e. The first-order valence-corrected chi connectivity index (χ1v) is 9.44. The minimum Gasteiger partial charge on any atom is -0.354 e. The maximum atomic E-state index is 13.5. The number of amides is 2. The quantitative estimate of drug-likeness (QED) is 0.770. The number of aryl methyl sites for hydroxylation is 3. The topological polar surface area (TPSA) is 58.2 Å². The van der Waals surface area contributed by atoms with Gasteiger partial charge in [0.05, 0.1) is 6.42 Å². The molecule has 2 aromatic carbocycles. The lowest BCUT2D eigenvalue weighted by Crippen LogP contribution is -2.35. The normalized spacial score (nSPS) is 13.0. The molecule has 0 aromatic heterocycles. The zero-order chi connectivity index (χ0) is 19.2. The van der Waals surface area contributed by atoms with Crippen LogP contribution in [0.2, 0.25) is 0 Å². The maximum Gasteiger partial charge on any atom is 0.251 e. The molecule has 0 bridgehead atoms. The number of carbonyl (C=O) groups excluding carboxylic acids is 2. The lowest BCUT2D eigenvalue weighted by molar-refractivity contribution is -0.120. The van der Waals surface area contributed by atoms with E-state index < -0.39 is 5.82 Å². The van der Waals surface area contributed by atoms with Crippen LogP contribution >= 0.6 is 0 Å². The summed E-state index contributed by atoms with van der Waals surface area (Å²) in [4.78, 5) is 24.1. The lowest BCUT2D eigenvalue weighted by atomic mass is 9.90. The standard InChI is InChI=1S/C22H25FN2O2/c1-15-6-8-19(14-20(15)23)22(27)25-11-10-24-21(26)13-16-7-9-17-4-2-3-5-18(17)12-16/h6-9,12,14H,2-5,10-11,13H2,1H3,(H,24,26)(H,25,27). The Kier molecular flexibility index (Phi) is 6.22. The molecule has 3 rings (SSSR count). The predicted octanol–water partition coefficient (Wildman–Crippen LogP) is 3.10. The lowest BCUT2D eigenvalue weighted by Gasteiger charge is -2.16. The molecule has 142 valence electrons. The molecule has 2 aromatic rings. The van der Waals surface area contributed by atoms with E-state index in [1.54, 1.807) is 19.1 Å². The minimum atomic E-state index is -0.402. The fourth-order valence-electron chi connectivity index (χ4n) is 3.36.